The summed E-state index contributed by atoms with van der Waals surface area (Å²) >= 11 is 0. The Morgan fingerprint density at radius 1 is 0.692 bits per heavy atom. The van der Waals surface area contributed by atoms with Crippen LogP contribution in [0.15, 0.2) is 0 Å². The molecular weight excluding hydrogens is 706 g/mol. The maximum Gasteiger partial charge on any atom is 1.00 e. The molecule has 0 aromatic rings. The monoisotopic (exact) mass is 706 g/mol. The quantitative estimate of drug-likeness (QED) is 0.261. The zero-order valence-corrected chi connectivity index (χ0v) is 34.7. The molecule has 0 radical (unpaired) electrons. The molecule has 13 heavy (non-hydrogen) atoms. The maximum atomic E-state index is 9.32. The number of rotatable bonds is 2. The van der Waals surface area contributed by atoms with E-state index in [4.69, 9.17) is 0 Å². The predicted octanol–water partition coefficient (Wildman–Crippen LogP) is -15.3. The molecule has 56 valence electrons. The normalized spacial score (nSPS) is 9.54. The van der Waals surface area contributed by atoms with E-state index in [1.54, 1.807) is 0 Å². The van der Waals surface area contributed by atoms with Gasteiger partial charge in [0.05, 0.1) is 15.6 Å². The van der Waals surface area contributed by atoms with Gasteiger partial charge in [0, 0.05) is 0 Å². The van der Waals surface area contributed by atoms with E-state index in [0.717, 1.165) is 0 Å². The third kappa shape index (κ3) is 33.4. The van der Waals surface area contributed by atoms with Crippen molar-refractivity contribution in [3.8, 4) is 0 Å². The van der Waals surface area contributed by atoms with Gasteiger partial charge in [-0.15, -0.1) is 0 Å². The first-order chi connectivity index (χ1) is 3.71. The molecule has 13 heteroatoms. The van der Waals surface area contributed by atoms with Gasteiger partial charge in [0.25, 0.3) is 0 Å². The maximum absolute atomic E-state index is 9.32. The van der Waals surface area contributed by atoms with Gasteiger partial charge in [-0.05, 0) is 0 Å². The number of phosphoric acid groups is 2. The predicted molar refractivity (Wildman–Crippen MR) is 16.3 cm³/mol. The molecule has 0 atom stereocenters. The Bertz CT molecular complexity index is 159. The summed E-state index contributed by atoms with van der Waals surface area (Å²) in [4.78, 5) is 37.3. The molecule has 0 spiro atoms. The van der Waals surface area contributed by atoms with Gasteiger partial charge < -0.3 is 33.0 Å². The Morgan fingerprint density at radius 2 is 0.846 bits per heavy atom. The molecule has 0 saturated heterocycles. The second-order valence-corrected chi connectivity index (χ2v) is 3.42. The molecule has 0 fully saturated rings. The van der Waals surface area contributed by atoms with Crippen LogP contribution >= 0.6 is 15.6 Å². The smallest absolute Gasteiger partial charge is 0.790 e. The summed E-state index contributed by atoms with van der Waals surface area (Å²) in [6.45, 7) is 0. The second kappa shape index (κ2) is 16.8. The van der Waals surface area contributed by atoms with E-state index in [0.29, 0.717) is 0 Å². The van der Waals surface area contributed by atoms with Gasteiger partial charge in [-0.25, -0.2) is 0 Å². The van der Waals surface area contributed by atoms with Crippen molar-refractivity contribution in [1.29, 1.82) is 0 Å². The van der Waals surface area contributed by atoms with E-state index in [1.807, 2.05) is 0 Å². The van der Waals surface area contributed by atoms with Gasteiger partial charge >= 0.3 is 276 Å². The standard InChI is InChI=1S/4Cs.H4O7P2/c;;;;1-8(2,3)7-9(4,5)6/h;;;;(H2,1,2,3)(H2,4,5,6)/q4*+1;/p-4. The van der Waals surface area contributed by atoms with Crippen LogP contribution in [0.2, 0.25) is 0 Å². The van der Waals surface area contributed by atoms with Crippen LogP contribution in [-0.4, -0.2) is 0 Å². The second-order valence-electron chi connectivity index (χ2n) is 0.976. The zero-order chi connectivity index (χ0) is 7.71. The topological polar surface area (TPSA) is 136 Å². The fourth-order valence-corrected chi connectivity index (χ4v) is 1.10. The van der Waals surface area contributed by atoms with E-state index in [-0.39, 0.29) is 276 Å². The van der Waals surface area contributed by atoms with Crippen LogP contribution in [0.5, 0.6) is 0 Å². The first-order valence-electron chi connectivity index (χ1n) is 1.46. The van der Waals surface area contributed by atoms with E-state index in [1.165, 1.54) is 0 Å². The number of hydrogen-bond acceptors (Lipinski definition) is 7. The van der Waals surface area contributed by atoms with E-state index < -0.39 is 15.6 Å². The third-order valence-electron chi connectivity index (χ3n) is 0.200. The summed E-state index contributed by atoms with van der Waals surface area (Å²) in [5.74, 6) is 0. The fourth-order valence-electron chi connectivity index (χ4n) is 0.122. The molecule has 0 aliphatic heterocycles. The van der Waals surface area contributed by atoms with Crippen molar-refractivity contribution in [1.82, 2.24) is 0 Å². The van der Waals surface area contributed by atoms with Crippen LogP contribution in [0.4, 0.5) is 0 Å². The van der Waals surface area contributed by atoms with Crippen molar-refractivity contribution < 1.29 is 309 Å². The molecule has 0 N–H and O–H groups in total. The first kappa shape index (κ1) is 33.2. The van der Waals surface area contributed by atoms with Crippen molar-refractivity contribution in [2.24, 2.45) is 0 Å². The van der Waals surface area contributed by atoms with Crippen LogP contribution in [0, 0.1) is 0 Å². The molecule has 0 unspecified atom stereocenters. The van der Waals surface area contributed by atoms with Gasteiger partial charge in [-0.3, -0.25) is 0 Å². The van der Waals surface area contributed by atoms with Crippen LogP contribution in [0.25, 0.3) is 0 Å². The van der Waals surface area contributed by atoms with Crippen molar-refractivity contribution in [3.63, 3.8) is 0 Å². The van der Waals surface area contributed by atoms with E-state index in [9.17, 15) is 28.7 Å². The molecule has 0 amide bonds. The molecule has 0 aromatic carbocycles. The van der Waals surface area contributed by atoms with Gasteiger partial charge in [0.2, 0.25) is 0 Å². The average molecular weight is 706 g/mol. The Hall–Kier alpha value is 8.47. The van der Waals surface area contributed by atoms with Crippen LogP contribution < -0.4 is 295 Å². The van der Waals surface area contributed by atoms with E-state index in [2.05, 4.69) is 4.31 Å². The summed E-state index contributed by atoms with van der Waals surface area (Å²) in [6, 6.07) is 0. The van der Waals surface area contributed by atoms with Crippen LogP contribution in [0.1, 0.15) is 0 Å². The van der Waals surface area contributed by atoms with E-state index >= 15 is 0 Å². The molecule has 0 aromatic heterocycles. The third-order valence-corrected chi connectivity index (χ3v) is 1.80. The summed E-state index contributed by atoms with van der Waals surface area (Å²) in [5.41, 5.74) is 0. The summed E-state index contributed by atoms with van der Waals surface area (Å²) in [7, 11) is -11.4. The molecule has 0 aliphatic carbocycles. The van der Waals surface area contributed by atoms with Crippen LogP contribution in [0.3, 0.4) is 0 Å². The fraction of sp³-hybridized carbons (Fsp3) is 0. The molecule has 0 bridgehead atoms. The molecule has 0 heterocycles. The number of hydrogen-bond donors (Lipinski definition) is 0. The molecule has 0 aliphatic rings. The molecular formula is Cs4O7P2. The SMILES string of the molecule is O=P([O-])([O-])OP(=O)([O-])[O-].[Cs+].[Cs+].[Cs+].[Cs+]. The summed E-state index contributed by atoms with van der Waals surface area (Å²) in [5, 5.41) is 0. The van der Waals surface area contributed by atoms with Gasteiger partial charge in [-0.1, -0.05) is 0 Å². The Balaban J connectivity index is -0.0000000533. The van der Waals surface area contributed by atoms with Crippen molar-refractivity contribution in [3.05, 3.63) is 0 Å². The molecule has 7 nitrogen and oxygen atoms in total. The minimum Gasteiger partial charge on any atom is -0.790 e. The Labute approximate surface area is 311 Å². The van der Waals surface area contributed by atoms with Gasteiger partial charge in [-0.2, -0.15) is 0 Å². The van der Waals surface area contributed by atoms with Crippen LogP contribution in [-0.2, 0) is 13.4 Å². The minimum atomic E-state index is -5.68. The Kier molecular flexibility index (Phi) is 42.9. The average Bonchev–Trinajstić information content (AvgIpc) is 1.14. The minimum absolute atomic E-state index is 0. The summed E-state index contributed by atoms with van der Waals surface area (Å²) in [6.07, 6.45) is 0. The van der Waals surface area contributed by atoms with Gasteiger partial charge in [0.15, 0.2) is 0 Å². The van der Waals surface area contributed by atoms with Crippen molar-refractivity contribution in [2.45, 2.75) is 0 Å². The van der Waals surface area contributed by atoms with Crippen molar-refractivity contribution in [2.75, 3.05) is 0 Å². The largest absolute Gasteiger partial charge is 1.00 e. The Morgan fingerprint density at radius 3 is 0.846 bits per heavy atom. The van der Waals surface area contributed by atoms with Crippen molar-refractivity contribution >= 4 is 15.6 Å². The zero-order valence-electron chi connectivity index (χ0n) is 7.75. The van der Waals surface area contributed by atoms with Gasteiger partial charge in [0.1, 0.15) is 0 Å². The molecule has 0 rings (SSSR count). The summed E-state index contributed by atoms with van der Waals surface area (Å²) < 4.78 is 21.2. The first-order valence-corrected chi connectivity index (χ1v) is 4.38. The molecule has 0 saturated carbocycles.